The van der Waals surface area contributed by atoms with E-state index in [-0.39, 0.29) is 29.2 Å². The lowest BCUT2D eigenvalue weighted by molar-refractivity contribution is -0.286. The molecule has 146 valence electrons. The van der Waals surface area contributed by atoms with Gasteiger partial charge in [-0.2, -0.15) is 0 Å². The minimum Gasteiger partial charge on any atom is -0.395 e. The highest BCUT2D eigenvalue weighted by atomic mass is 19.3. The van der Waals surface area contributed by atoms with Crippen molar-refractivity contribution in [3.05, 3.63) is 54.1 Å². The van der Waals surface area contributed by atoms with Gasteiger partial charge in [-0.3, -0.25) is 4.79 Å². The molecule has 0 radical (unpaired) electrons. The zero-order valence-corrected chi connectivity index (χ0v) is 14.9. The molecule has 1 fully saturated rings. The molecular formula is C20H18F2N2O4. The number of rotatable bonds is 3. The van der Waals surface area contributed by atoms with Gasteiger partial charge in [-0.15, -0.1) is 8.78 Å². The third-order valence-corrected chi connectivity index (χ3v) is 4.86. The van der Waals surface area contributed by atoms with Gasteiger partial charge < -0.3 is 19.7 Å². The van der Waals surface area contributed by atoms with Gasteiger partial charge in [-0.25, -0.2) is 4.79 Å². The van der Waals surface area contributed by atoms with Crippen LogP contribution < -0.4 is 14.8 Å². The van der Waals surface area contributed by atoms with Crippen LogP contribution in [0.15, 0.2) is 48.5 Å². The monoisotopic (exact) mass is 388 g/mol. The Hall–Kier alpha value is -3.16. The van der Waals surface area contributed by atoms with Gasteiger partial charge in [0.15, 0.2) is 17.3 Å². The molecule has 2 heterocycles. The predicted octanol–water partition coefficient (Wildman–Crippen LogP) is 4.13. The highest BCUT2D eigenvalue weighted by molar-refractivity contribution is 5.98. The first-order chi connectivity index (χ1) is 13.4. The fourth-order valence-electron chi connectivity index (χ4n) is 3.41. The third kappa shape index (κ3) is 3.76. The summed E-state index contributed by atoms with van der Waals surface area (Å²) in [5, 5.41) is 2.67. The van der Waals surface area contributed by atoms with E-state index >= 15 is 0 Å². The average Bonchev–Trinajstić information content (AvgIpc) is 3.01. The first kappa shape index (κ1) is 18.2. The van der Waals surface area contributed by atoms with E-state index in [9.17, 15) is 18.4 Å². The minimum absolute atomic E-state index is 0.0803. The van der Waals surface area contributed by atoms with Crippen LogP contribution in [0.2, 0.25) is 0 Å². The number of carbonyl (C=O) groups excluding carboxylic acids is 2. The van der Waals surface area contributed by atoms with Gasteiger partial charge in [0, 0.05) is 36.3 Å². The highest BCUT2D eigenvalue weighted by Gasteiger charge is 2.43. The highest BCUT2D eigenvalue weighted by Crippen LogP contribution is 2.42. The summed E-state index contributed by atoms with van der Waals surface area (Å²) < 4.78 is 34.9. The van der Waals surface area contributed by atoms with Crippen LogP contribution >= 0.6 is 0 Å². The molecule has 2 aromatic carbocycles. The average molecular weight is 388 g/mol. The molecule has 2 aliphatic rings. The van der Waals surface area contributed by atoms with Crippen LogP contribution in [0.25, 0.3) is 0 Å². The summed E-state index contributed by atoms with van der Waals surface area (Å²) in [6, 6.07) is 12.8. The van der Waals surface area contributed by atoms with Crippen molar-refractivity contribution in [3.8, 4) is 11.5 Å². The number of Topliss-reactive ketones (excluding diaryl/α,β-unsaturated/α-hetero) is 1. The van der Waals surface area contributed by atoms with Crippen molar-refractivity contribution >= 4 is 17.5 Å². The van der Waals surface area contributed by atoms with E-state index in [1.54, 1.807) is 17.0 Å². The lowest BCUT2D eigenvalue weighted by Gasteiger charge is -2.31. The first-order valence-electron chi connectivity index (χ1n) is 8.96. The molecule has 0 saturated carbocycles. The lowest BCUT2D eigenvalue weighted by Crippen LogP contribution is -2.42. The molecule has 28 heavy (non-hydrogen) atoms. The van der Waals surface area contributed by atoms with Crippen LogP contribution in [0.4, 0.5) is 19.3 Å². The van der Waals surface area contributed by atoms with E-state index in [2.05, 4.69) is 14.8 Å². The van der Waals surface area contributed by atoms with Gasteiger partial charge in [-0.1, -0.05) is 30.3 Å². The molecule has 6 nitrogen and oxygen atoms in total. The maximum atomic E-state index is 13.1. The molecule has 1 saturated heterocycles. The van der Waals surface area contributed by atoms with Crippen LogP contribution in [0.3, 0.4) is 0 Å². The third-order valence-electron chi connectivity index (χ3n) is 4.86. The molecule has 0 unspecified atom stereocenters. The topological polar surface area (TPSA) is 67.9 Å². The van der Waals surface area contributed by atoms with Gasteiger partial charge in [0.05, 0.1) is 0 Å². The van der Waals surface area contributed by atoms with Crippen LogP contribution in [-0.2, 0) is 0 Å². The SMILES string of the molecule is O=C(c1ccccc1)C1CCN(C(=O)Nc2ccc3c(c2)OC(F)(F)O3)CC1. The van der Waals surface area contributed by atoms with E-state index in [0.29, 0.717) is 37.2 Å². The number of urea groups is 1. The van der Waals surface area contributed by atoms with Crippen molar-refractivity contribution in [2.75, 3.05) is 18.4 Å². The number of nitrogens with one attached hydrogen (secondary N) is 1. The number of ether oxygens (including phenoxy) is 2. The molecular weight excluding hydrogens is 370 g/mol. The summed E-state index contributed by atoms with van der Waals surface area (Å²) in [7, 11) is 0. The van der Waals surface area contributed by atoms with Crippen LogP contribution in [0, 0.1) is 5.92 Å². The molecule has 1 N–H and O–H groups in total. The largest absolute Gasteiger partial charge is 0.586 e. The normalized spacial score (nSPS) is 18.0. The van der Waals surface area contributed by atoms with E-state index in [0.717, 1.165) is 0 Å². The second kappa shape index (κ2) is 7.10. The smallest absolute Gasteiger partial charge is 0.395 e. The number of ketones is 1. The zero-order chi connectivity index (χ0) is 19.7. The molecule has 0 atom stereocenters. The summed E-state index contributed by atoms with van der Waals surface area (Å²) in [6.45, 7) is 0.884. The zero-order valence-electron chi connectivity index (χ0n) is 14.9. The van der Waals surface area contributed by atoms with Crippen molar-refractivity contribution in [1.82, 2.24) is 4.90 Å². The van der Waals surface area contributed by atoms with Crippen molar-refractivity contribution in [1.29, 1.82) is 0 Å². The number of benzene rings is 2. The molecule has 8 heteroatoms. The van der Waals surface area contributed by atoms with Gasteiger partial charge >= 0.3 is 12.3 Å². The summed E-state index contributed by atoms with van der Waals surface area (Å²) in [5.41, 5.74) is 1.01. The second-order valence-corrected chi connectivity index (χ2v) is 6.75. The number of piperidine rings is 1. The van der Waals surface area contributed by atoms with Gasteiger partial charge in [0.2, 0.25) is 0 Å². The van der Waals surface area contributed by atoms with E-state index in [4.69, 9.17) is 0 Å². The number of nitrogens with zero attached hydrogens (tertiary/aromatic N) is 1. The Labute approximate surface area is 160 Å². The quantitative estimate of drug-likeness (QED) is 0.803. The molecule has 2 amide bonds. The molecule has 2 aliphatic heterocycles. The molecule has 2 aromatic rings. The molecule has 0 aliphatic carbocycles. The number of alkyl halides is 2. The molecule has 0 aromatic heterocycles. The number of hydrogen-bond acceptors (Lipinski definition) is 4. The molecule has 0 bridgehead atoms. The number of amides is 2. The summed E-state index contributed by atoms with van der Waals surface area (Å²) >= 11 is 0. The number of halogens is 2. The molecule has 4 rings (SSSR count). The maximum absolute atomic E-state index is 13.1. The maximum Gasteiger partial charge on any atom is 0.586 e. The number of likely N-dealkylation sites (tertiary alicyclic amines) is 1. The van der Waals surface area contributed by atoms with Gasteiger partial charge in [0.1, 0.15) is 0 Å². The second-order valence-electron chi connectivity index (χ2n) is 6.75. The van der Waals surface area contributed by atoms with Crippen molar-refractivity contribution in [3.63, 3.8) is 0 Å². The predicted molar refractivity (Wildman–Crippen MR) is 96.7 cm³/mol. The van der Waals surface area contributed by atoms with E-state index in [1.807, 2.05) is 18.2 Å². The van der Waals surface area contributed by atoms with Crippen molar-refractivity contribution in [2.45, 2.75) is 19.1 Å². The van der Waals surface area contributed by atoms with Crippen LogP contribution in [0.5, 0.6) is 11.5 Å². The Morgan fingerprint density at radius 2 is 1.68 bits per heavy atom. The Morgan fingerprint density at radius 3 is 2.39 bits per heavy atom. The van der Waals surface area contributed by atoms with Crippen LogP contribution in [-0.4, -0.2) is 36.1 Å². The first-order valence-corrected chi connectivity index (χ1v) is 8.96. The fraction of sp³-hybridized carbons (Fsp3) is 0.300. The lowest BCUT2D eigenvalue weighted by atomic mass is 9.89. The number of anilines is 1. The Morgan fingerprint density at radius 1 is 1.00 bits per heavy atom. The van der Waals surface area contributed by atoms with Crippen LogP contribution in [0.1, 0.15) is 23.2 Å². The van der Waals surface area contributed by atoms with E-state index < -0.39 is 6.29 Å². The standard InChI is InChI=1S/C20H18F2N2O4/c21-20(22)27-16-7-6-15(12-17(16)28-20)23-19(26)24-10-8-14(9-11-24)18(25)13-4-2-1-3-5-13/h1-7,12,14H,8-11H2,(H,23,26). The fourth-order valence-corrected chi connectivity index (χ4v) is 3.41. The summed E-state index contributed by atoms with van der Waals surface area (Å²) in [6.07, 6.45) is -2.54. The summed E-state index contributed by atoms with van der Waals surface area (Å²) in [4.78, 5) is 26.6. The number of carbonyl (C=O) groups is 2. The Kier molecular flexibility index (Phi) is 4.62. The summed E-state index contributed by atoms with van der Waals surface area (Å²) in [5.74, 6) is -0.227. The Balaban J connectivity index is 1.33. The van der Waals surface area contributed by atoms with Gasteiger partial charge in [-0.05, 0) is 25.0 Å². The van der Waals surface area contributed by atoms with Gasteiger partial charge in [0.25, 0.3) is 0 Å². The Bertz CT molecular complexity index is 896. The number of fused-ring (bicyclic) bond motifs is 1. The number of hydrogen-bond donors (Lipinski definition) is 1. The molecule has 0 spiro atoms. The van der Waals surface area contributed by atoms with Crippen molar-refractivity contribution < 1.29 is 27.8 Å². The van der Waals surface area contributed by atoms with E-state index in [1.165, 1.54) is 18.2 Å². The van der Waals surface area contributed by atoms with Crippen molar-refractivity contribution in [2.24, 2.45) is 5.92 Å². The minimum atomic E-state index is -3.70.